The van der Waals surface area contributed by atoms with Gasteiger partial charge >= 0.3 is 5.97 Å². The van der Waals surface area contributed by atoms with Crippen molar-refractivity contribution in [3.05, 3.63) is 35.6 Å². The number of benzene rings is 1. The Kier molecular flexibility index (Phi) is 5.77. The summed E-state index contributed by atoms with van der Waals surface area (Å²) in [6.45, 7) is 6.41. The van der Waals surface area contributed by atoms with Gasteiger partial charge in [0.1, 0.15) is 16.7 Å². The average molecular weight is 370 g/mol. The van der Waals surface area contributed by atoms with Crippen LogP contribution in [-0.4, -0.2) is 22.5 Å². The van der Waals surface area contributed by atoms with Crippen LogP contribution in [0.1, 0.15) is 57.4 Å². The molecule has 138 valence electrons. The summed E-state index contributed by atoms with van der Waals surface area (Å²) in [5.74, 6) is -1.93. The van der Waals surface area contributed by atoms with E-state index in [1.54, 1.807) is 6.07 Å². The molecular formula is C19H25ClFNO3. The fourth-order valence-corrected chi connectivity index (χ4v) is 3.72. The fourth-order valence-electron chi connectivity index (χ4n) is 3.49. The average Bonchev–Trinajstić information content (AvgIpc) is 2.54. The molecule has 0 saturated heterocycles. The monoisotopic (exact) mass is 369 g/mol. The van der Waals surface area contributed by atoms with Gasteiger partial charge < -0.3 is 10.4 Å². The van der Waals surface area contributed by atoms with Crippen molar-refractivity contribution in [3.63, 3.8) is 0 Å². The molecule has 1 unspecified atom stereocenters. The zero-order valence-corrected chi connectivity index (χ0v) is 15.6. The number of rotatable bonds is 4. The van der Waals surface area contributed by atoms with Crippen molar-refractivity contribution in [3.8, 4) is 0 Å². The molecule has 1 aromatic carbocycles. The van der Waals surface area contributed by atoms with Gasteiger partial charge in [-0.15, -0.1) is 11.6 Å². The minimum Gasteiger partial charge on any atom is -0.480 e. The minimum absolute atomic E-state index is 0.0468. The molecule has 0 heterocycles. The van der Waals surface area contributed by atoms with Gasteiger partial charge in [-0.2, -0.15) is 0 Å². The first-order valence-corrected chi connectivity index (χ1v) is 8.94. The highest BCUT2D eigenvalue weighted by Crippen LogP contribution is 2.42. The SMILES string of the molecule is CC(C)(C)C1CCC(NC(=O)C(Cl)c2ccccc2F)(C(=O)O)CC1. The second-order valence-corrected chi connectivity index (χ2v) is 8.34. The van der Waals surface area contributed by atoms with Crippen LogP contribution in [0.5, 0.6) is 0 Å². The Balaban J connectivity index is 2.13. The number of carboxylic acids is 1. The highest BCUT2D eigenvalue weighted by Gasteiger charge is 2.46. The molecule has 0 aromatic heterocycles. The van der Waals surface area contributed by atoms with Crippen LogP contribution in [0.2, 0.25) is 0 Å². The van der Waals surface area contributed by atoms with Crippen molar-refractivity contribution in [2.45, 2.75) is 57.4 Å². The normalized spacial score (nSPS) is 25.2. The summed E-state index contributed by atoms with van der Waals surface area (Å²) in [4.78, 5) is 24.3. The predicted molar refractivity (Wildman–Crippen MR) is 94.9 cm³/mol. The third-order valence-electron chi connectivity index (χ3n) is 5.24. The topological polar surface area (TPSA) is 66.4 Å². The molecule has 25 heavy (non-hydrogen) atoms. The molecule has 0 spiro atoms. The molecule has 2 N–H and O–H groups in total. The van der Waals surface area contributed by atoms with E-state index in [0.29, 0.717) is 31.6 Å². The molecule has 0 radical (unpaired) electrons. The summed E-state index contributed by atoms with van der Waals surface area (Å²) in [7, 11) is 0. The van der Waals surface area contributed by atoms with E-state index in [0.717, 1.165) is 0 Å². The van der Waals surface area contributed by atoms with Crippen molar-refractivity contribution in [1.82, 2.24) is 5.32 Å². The van der Waals surface area contributed by atoms with E-state index in [-0.39, 0.29) is 11.0 Å². The number of aliphatic carboxylic acids is 1. The van der Waals surface area contributed by atoms with Crippen molar-refractivity contribution >= 4 is 23.5 Å². The Labute approximate surface area is 152 Å². The number of amides is 1. The van der Waals surface area contributed by atoms with E-state index in [9.17, 15) is 19.1 Å². The maximum absolute atomic E-state index is 13.8. The van der Waals surface area contributed by atoms with E-state index < -0.39 is 28.6 Å². The lowest BCUT2D eigenvalue weighted by molar-refractivity contribution is -0.150. The number of nitrogens with one attached hydrogen (secondary N) is 1. The van der Waals surface area contributed by atoms with Crippen LogP contribution in [0.25, 0.3) is 0 Å². The number of halogens is 2. The van der Waals surface area contributed by atoms with Crippen LogP contribution in [-0.2, 0) is 9.59 Å². The van der Waals surface area contributed by atoms with Crippen LogP contribution >= 0.6 is 11.6 Å². The molecule has 0 bridgehead atoms. The van der Waals surface area contributed by atoms with Gasteiger partial charge in [0, 0.05) is 5.56 Å². The van der Waals surface area contributed by atoms with Gasteiger partial charge in [-0.05, 0) is 43.1 Å². The maximum Gasteiger partial charge on any atom is 0.329 e. The third kappa shape index (κ3) is 4.32. The van der Waals surface area contributed by atoms with Crippen LogP contribution in [0.3, 0.4) is 0 Å². The maximum atomic E-state index is 13.8. The summed E-state index contributed by atoms with van der Waals surface area (Å²) in [6, 6.07) is 5.74. The zero-order chi connectivity index (χ0) is 18.8. The molecule has 1 aromatic rings. The van der Waals surface area contributed by atoms with E-state index in [4.69, 9.17) is 11.6 Å². The molecular weight excluding hydrogens is 345 g/mol. The van der Waals surface area contributed by atoms with Gasteiger partial charge in [-0.25, -0.2) is 9.18 Å². The van der Waals surface area contributed by atoms with Crippen LogP contribution in [0.15, 0.2) is 24.3 Å². The van der Waals surface area contributed by atoms with Crippen molar-refractivity contribution < 1.29 is 19.1 Å². The standard InChI is InChI=1S/C19H25ClFNO3/c1-18(2,3)12-8-10-19(11-9-12,17(24)25)22-16(23)15(20)13-6-4-5-7-14(13)21/h4-7,12,15H,8-11H2,1-3H3,(H,22,23)(H,24,25). The highest BCUT2D eigenvalue weighted by molar-refractivity contribution is 6.31. The number of alkyl halides is 1. The number of carbonyl (C=O) groups excluding carboxylic acids is 1. The van der Waals surface area contributed by atoms with Gasteiger partial charge in [0.05, 0.1) is 0 Å². The molecule has 1 aliphatic carbocycles. The Morgan fingerprint density at radius 2 is 1.84 bits per heavy atom. The van der Waals surface area contributed by atoms with E-state index in [1.807, 2.05) is 0 Å². The fraction of sp³-hybridized carbons (Fsp3) is 0.579. The zero-order valence-electron chi connectivity index (χ0n) is 14.8. The summed E-state index contributed by atoms with van der Waals surface area (Å²) < 4.78 is 13.8. The molecule has 1 saturated carbocycles. The van der Waals surface area contributed by atoms with Gasteiger partial charge in [0.2, 0.25) is 5.91 Å². The molecule has 4 nitrogen and oxygen atoms in total. The summed E-state index contributed by atoms with van der Waals surface area (Å²) in [5, 5.41) is 11.0. The van der Waals surface area contributed by atoms with Gasteiger partial charge in [0.15, 0.2) is 0 Å². The molecule has 1 amide bonds. The first-order valence-electron chi connectivity index (χ1n) is 8.51. The first kappa shape index (κ1) is 19.7. The van der Waals surface area contributed by atoms with Crippen LogP contribution in [0, 0.1) is 17.2 Å². The Morgan fingerprint density at radius 1 is 1.28 bits per heavy atom. The van der Waals surface area contributed by atoms with Crippen molar-refractivity contribution in [2.75, 3.05) is 0 Å². The summed E-state index contributed by atoms with van der Waals surface area (Å²) in [5.41, 5.74) is -1.20. The Bertz CT molecular complexity index is 648. The predicted octanol–water partition coefficient (Wildman–Crippen LogP) is 4.28. The molecule has 6 heteroatoms. The lowest BCUT2D eigenvalue weighted by Gasteiger charge is -2.42. The van der Waals surface area contributed by atoms with E-state index in [1.165, 1.54) is 18.2 Å². The first-order chi connectivity index (χ1) is 11.6. The number of carbonyl (C=O) groups is 2. The third-order valence-corrected chi connectivity index (χ3v) is 5.68. The largest absolute Gasteiger partial charge is 0.480 e. The molecule has 2 rings (SSSR count). The number of hydrogen-bond acceptors (Lipinski definition) is 2. The Hall–Kier alpha value is -1.62. The second-order valence-electron chi connectivity index (χ2n) is 7.90. The molecule has 1 fully saturated rings. The lowest BCUT2D eigenvalue weighted by atomic mass is 9.67. The van der Waals surface area contributed by atoms with Gasteiger partial charge in [0.25, 0.3) is 0 Å². The minimum atomic E-state index is -1.34. The number of hydrogen-bond donors (Lipinski definition) is 2. The van der Waals surface area contributed by atoms with Crippen LogP contribution < -0.4 is 5.32 Å². The van der Waals surface area contributed by atoms with Crippen molar-refractivity contribution in [1.29, 1.82) is 0 Å². The van der Waals surface area contributed by atoms with Gasteiger partial charge in [-0.3, -0.25) is 4.79 Å². The van der Waals surface area contributed by atoms with E-state index in [2.05, 4.69) is 26.1 Å². The summed E-state index contributed by atoms with van der Waals surface area (Å²) >= 11 is 6.10. The smallest absolute Gasteiger partial charge is 0.329 e. The number of carboxylic acid groups (broad SMARTS) is 1. The lowest BCUT2D eigenvalue weighted by Crippen LogP contribution is -2.57. The second kappa shape index (κ2) is 7.32. The summed E-state index contributed by atoms with van der Waals surface area (Å²) in [6.07, 6.45) is 2.11. The van der Waals surface area contributed by atoms with Gasteiger partial charge in [-0.1, -0.05) is 39.0 Å². The molecule has 1 aliphatic rings. The Morgan fingerprint density at radius 3 is 2.32 bits per heavy atom. The molecule has 0 aliphatic heterocycles. The van der Waals surface area contributed by atoms with Crippen molar-refractivity contribution in [2.24, 2.45) is 11.3 Å². The van der Waals surface area contributed by atoms with E-state index >= 15 is 0 Å². The highest BCUT2D eigenvalue weighted by atomic mass is 35.5. The molecule has 1 atom stereocenters. The van der Waals surface area contributed by atoms with Crippen LogP contribution in [0.4, 0.5) is 4.39 Å². The quantitative estimate of drug-likeness (QED) is 0.778.